The van der Waals surface area contributed by atoms with Gasteiger partial charge < -0.3 is 10.7 Å². The highest BCUT2D eigenvalue weighted by molar-refractivity contribution is 5.06. The Kier molecular flexibility index (Phi) is 2.38. The number of nitrogens with one attached hydrogen (secondary N) is 1. The monoisotopic (exact) mass is 153 g/mol. The molecule has 4 nitrogen and oxygen atoms in total. The van der Waals surface area contributed by atoms with E-state index in [4.69, 9.17) is 5.73 Å². The average molecular weight is 153 g/mol. The summed E-state index contributed by atoms with van der Waals surface area (Å²) >= 11 is 0. The molecule has 1 rings (SSSR count). The van der Waals surface area contributed by atoms with Crippen molar-refractivity contribution in [3.05, 3.63) is 27.9 Å². The number of nitrogens with two attached hydrogens (primary N) is 1. The van der Waals surface area contributed by atoms with E-state index in [0.717, 1.165) is 11.4 Å². The van der Waals surface area contributed by atoms with Gasteiger partial charge in [0.25, 0.3) is 0 Å². The Balaban J connectivity index is 2.99. The fraction of sp³-hybridized carbons (Fsp3) is 0.429. The van der Waals surface area contributed by atoms with E-state index in [9.17, 15) is 4.79 Å². The molecule has 0 saturated carbocycles. The third kappa shape index (κ3) is 2.16. The lowest BCUT2D eigenvalue weighted by molar-refractivity contribution is 0.878. The van der Waals surface area contributed by atoms with Crippen LogP contribution in [0.5, 0.6) is 0 Å². The van der Waals surface area contributed by atoms with E-state index in [2.05, 4.69) is 9.97 Å². The summed E-state index contributed by atoms with van der Waals surface area (Å²) in [7, 11) is 0. The van der Waals surface area contributed by atoms with Crippen LogP contribution in [0.15, 0.2) is 10.9 Å². The average Bonchev–Trinajstić information content (AvgIpc) is 1.85. The number of hydrogen-bond acceptors (Lipinski definition) is 3. The fourth-order valence-corrected chi connectivity index (χ4v) is 0.921. The molecule has 0 saturated heterocycles. The third-order valence-corrected chi connectivity index (χ3v) is 1.33. The van der Waals surface area contributed by atoms with E-state index in [1.54, 1.807) is 0 Å². The lowest BCUT2D eigenvalue weighted by Gasteiger charge is -1.96. The van der Waals surface area contributed by atoms with Crippen molar-refractivity contribution >= 4 is 0 Å². The first-order valence-corrected chi connectivity index (χ1v) is 3.49. The van der Waals surface area contributed by atoms with Gasteiger partial charge >= 0.3 is 5.69 Å². The molecule has 0 spiro atoms. The van der Waals surface area contributed by atoms with Crippen molar-refractivity contribution in [2.24, 2.45) is 5.73 Å². The van der Waals surface area contributed by atoms with Gasteiger partial charge in [0.15, 0.2) is 0 Å². The SMILES string of the molecule is Cc1cc(CCN)nc(=O)[nH]1. The number of aromatic amines is 1. The summed E-state index contributed by atoms with van der Waals surface area (Å²) in [5, 5.41) is 0. The van der Waals surface area contributed by atoms with Gasteiger partial charge in [0, 0.05) is 17.8 Å². The highest BCUT2D eigenvalue weighted by Crippen LogP contribution is 1.93. The van der Waals surface area contributed by atoms with Crippen molar-refractivity contribution in [1.82, 2.24) is 9.97 Å². The Morgan fingerprint density at radius 3 is 3.00 bits per heavy atom. The van der Waals surface area contributed by atoms with Gasteiger partial charge in [-0.05, 0) is 19.5 Å². The van der Waals surface area contributed by atoms with Crippen LogP contribution in [-0.4, -0.2) is 16.5 Å². The molecule has 3 N–H and O–H groups in total. The van der Waals surface area contributed by atoms with Crippen molar-refractivity contribution in [3.8, 4) is 0 Å². The number of H-pyrrole nitrogens is 1. The van der Waals surface area contributed by atoms with E-state index in [0.29, 0.717) is 13.0 Å². The van der Waals surface area contributed by atoms with Gasteiger partial charge in [-0.3, -0.25) is 0 Å². The van der Waals surface area contributed by atoms with Crippen LogP contribution >= 0.6 is 0 Å². The molecule has 0 radical (unpaired) electrons. The van der Waals surface area contributed by atoms with Crippen molar-refractivity contribution in [3.63, 3.8) is 0 Å². The van der Waals surface area contributed by atoms with Crippen LogP contribution in [0.25, 0.3) is 0 Å². The first-order chi connectivity index (χ1) is 5.22. The first-order valence-electron chi connectivity index (χ1n) is 3.49. The smallest absolute Gasteiger partial charge is 0.330 e. The van der Waals surface area contributed by atoms with Crippen molar-refractivity contribution < 1.29 is 0 Å². The Bertz CT molecular complexity index is 292. The molecule has 0 aliphatic carbocycles. The van der Waals surface area contributed by atoms with Crippen LogP contribution in [0.1, 0.15) is 11.4 Å². The minimum atomic E-state index is -0.298. The maximum absolute atomic E-state index is 10.8. The Labute approximate surface area is 64.5 Å². The molecule has 0 unspecified atom stereocenters. The van der Waals surface area contributed by atoms with E-state index in [1.807, 2.05) is 13.0 Å². The van der Waals surface area contributed by atoms with Crippen molar-refractivity contribution in [2.75, 3.05) is 6.54 Å². The van der Waals surface area contributed by atoms with E-state index >= 15 is 0 Å². The largest absolute Gasteiger partial charge is 0.345 e. The molecule has 4 heteroatoms. The molecule has 0 fully saturated rings. The molecule has 11 heavy (non-hydrogen) atoms. The second-order valence-electron chi connectivity index (χ2n) is 2.40. The molecule has 0 aliphatic rings. The quantitative estimate of drug-likeness (QED) is 0.606. The zero-order valence-electron chi connectivity index (χ0n) is 6.42. The number of aromatic nitrogens is 2. The number of aryl methyl sites for hydroxylation is 1. The summed E-state index contributed by atoms with van der Waals surface area (Å²) in [4.78, 5) is 17.1. The van der Waals surface area contributed by atoms with Crippen LogP contribution in [-0.2, 0) is 6.42 Å². The first kappa shape index (κ1) is 7.94. The topological polar surface area (TPSA) is 71.8 Å². The summed E-state index contributed by atoms with van der Waals surface area (Å²) in [5.74, 6) is 0. The van der Waals surface area contributed by atoms with Crippen LogP contribution in [0.2, 0.25) is 0 Å². The molecule has 0 bridgehead atoms. The van der Waals surface area contributed by atoms with Gasteiger partial charge in [0.05, 0.1) is 0 Å². The summed E-state index contributed by atoms with van der Waals surface area (Å²) in [6.07, 6.45) is 0.658. The minimum absolute atomic E-state index is 0.298. The van der Waals surface area contributed by atoms with Gasteiger partial charge in [-0.1, -0.05) is 0 Å². The van der Waals surface area contributed by atoms with Crippen molar-refractivity contribution in [1.29, 1.82) is 0 Å². The molecule has 1 heterocycles. The number of hydrogen-bond donors (Lipinski definition) is 2. The molecule has 0 aliphatic heterocycles. The van der Waals surface area contributed by atoms with E-state index < -0.39 is 0 Å². The molecule has 1 aromatic rings. The molecule has 60 valence electrons. The van der Waals surface area contributed by atoms with Gasteiger partial charge in [0.1, 0.15) is 0 Å². The van der Waals surface area contributed by atoms with Gasteiger partial charge in [-0.2, -0.15) is 4.98 Å². The zero-order chi connectivity index (χ0) is 8.27. The van der Waals surface area contributed by atoms with E-state index in [1.165, 1.54) is 0 Å². The molecule has 0 aromatic carbocycles. The predicted molar refractivity (Wildman–Crippen MR) is 42.4 cm³/mol. The van der Waals surface area contributed by atoms with Crippen LogP contribution in [0.3, 0.4) is 0 Å². The normalized spacial score (nSPS) is 10.0. The molecular weight excluding hydrogens is 142 g/mol. The highest BCUT2D eigenvalue weighted by Gasteiger charge is 1.95. The lowest BCUT2D eigenvalue weighted by Crippen LogP contribution is -2.15. The summed E-state index contributed by atoms with van der Waals surface area (Å²) in [6, 6.07) is 1.83. The maximum atomic E-state index is 10.8. The molecule has 0 amide bonds. The van der Waals surface area contributed by atoms with Gasteiger partial charge in [-0.25, -0.2) is 4.79 Å². The second kappa shape index (κ2) is 3.30. The summed E-state index contributed by atoms with van der Waals surface area (Å²) < 4.78 is 0. The van der Waals surface area contributed by atoms with Crippen LogP contribution in [0, 0.1) is 6.92 Å². The Morgan fingerprint density at radius 2 is 2.45 bits per heavy atom. The minimum Gasteiger partial charge on any atom is -0.330 e. The molecule has 1 aromatic heterocycles. The van der Waals surface area contributed by atoms with Crippen LogP contribution in [0.4, 0.5) is 0 Å². The second-order valence-corrected chi connectivity index (χ2v) is 2.40. The summed E-state index contributed by atoms with van der Waals surface area (Å²) in [5.41, 5.74) is 6.60. The maximum Gasteiger partial charge on any atom is 0.345 e. The van der Waals surface area contributed by atoms with Crippen LogP contribution < -0.4 is 11.4 Å². The lowest BCUT2D eigenvalue weighted by atomic mass is 10.3. The number of nitrogens with zero attached hydrogens (tertiary/aromatic N) is 1. The van der Waals surface area contributed by atoms with Crippen molar-refractivity contribution in [2.45, 2.75) is 13.3 Å². The zero-order valence-corrected chi connectivity index (χ0v) is 6.42. The number of rotatable bonds is 2. The van der Waals surface area contributed by atoms with Gasteiger partial charge in [0.2, 0.25) is 0 Å². The van der Waals surface area contributed by atoms with E-state index in [-0.39, 0.29) is 5.69 Å². The van der Waals surface area contributed by atoms with Gasteiger partial charge in [-0.15, -0.1) is 0 Å². The fourth-order valence-electron chi connectivity index (χ4n) is 0.921. The molecular formula is C7H11N3O. The summed E-state index contributed by atoms with van der Waals surface area (Å²) in [6.45, 7) is 2.35. The Morgan fingerprint density at radius 1 is 1.73 bits per heavy atom. The third-order valence-electron chi connectivity index (χ3n) is 1.33. The molecule has 0 atom stereocenters. The highest BCUT2D eigenvalue weighted by atomic mass is 16.1. The Hall–Kier alpha value is -1.16. The predicted octanol–water partition coefficient (Wildman–Crippen LogP) is -0.420. The standard InChI is InChI=1S/C7H11N3O/c1-5-4-6(2-3-8)10-7(11)9-5/h4H,2-3,8H2,1H3,(H,9,10,11).